The molecule has 1 aliphatic rings. The molecule has 1 aliphatic heterocycles. The smallest absolute Gasteiger partial charge is 0.254 e. The lowest BCUT2D eigenvalue weighted by Crippen LogP contribution is -2.30. The number of nitrogens with one attached hydrogen (secondary N) is 1. The van der Waals surface area contributed by atoms with Crippen LogP contribution in [0, 0.1) is 5.82 Å². The summed E-state index contributed by atoms with van der Waals surface area (Å²) in [5.74, 6) is 0.708. The zero-order valence-corrected chi connectivity index (χ0v) is 13.9. The van der Waals surface area contributed by atoms with E-state index >= 15 is 0 Å². The summed E-state index contributed by atoms with van der Waals surface area (Å²) in [7, 11) is 0. The fourth-order valence-corrected chi connectivity index (χ4v) is 3.07. The van der Waals surface area contributed by atoms with Gasteiger partial charge in [-0.25, -0.2) is 9.37 Å². The zero-order chi connectivity index (χ0) is 17.9. The summed E-state index contributed by atoms with van der Waals surface area (Å²) in [5, 5.41) is 6.62. The average molecular weight is 352 g/mol. The third kappa shape index (κ3) is 3.42. The molecule has 0 aliphatic carbocycles. The van der Waals surface area contributed by atoms with E-state index in [1.54, 1.807) is 29.2 Å². The first kappa shape index (κ1) is 16.3. The molecule has 1 unspecified atom stereocenters. The molecule has 1 N–H and O–H groups in total. The molecule has 6 nitrogen and oxygen atoms in total. The molecule has 0 spiro atoms. The van der Waals surface area contributed by atoms with E-state index in [9.17, 15) is 9.18 Å². The number of benzene rings is 2. The highest BCUT2D eigenvalue weighted by Crippen LogP contribution is 2.22. The topological polar surface area (TPSA) is 71.1 Å². The predicted molar refractivity (Wildman–Crippen MR) is 93.2 cm³/mol. The van der Waals surface area contributed by atoms with Gasteiger partial charge in [0.15, 0.2) is 5.82 Å². The highest BCUT2D eigenvalue weighted by atomic mass is 19.1. The summed E-state index contributed by atoms with van der Waals surface area (Å²) in [6.07, 6.45) is 2.00. The summed E-state index contributed by atoms with van der Waals surface area (Å²) >= 11 is 0. The van der Waals surface area contributed by atoms with Crippen LogP contribution in [0.25, 0.3) is 11.4 Å². The van der Waals surface area contributed by atoms with Crippen molar-refractivity contribution in [3.63, 3.8) is 0 Å². The number of aromatic nitrogens is 3. The molecule has 26 heavy (non-hydrogen) atoms. The van der Waals surface area contributed by atoms with Crippen molar-refractivity contribution in [2.24, 2.45) is 0 Å². The third-order valence-electron chi connectivity index (χ3n) is 4.33. The number of carbonyl (C=O) groups is 1. The van der Waals surface area contributed by atoms with Crippen LogP contribution in [0.1, 0.15) is 16.8 Å². The molecule has 1 saturated heterocycles. The second kappa shape index (κ2) is 6.95. The van der Waals surface area contributed by atoms with Crippen molar-refractivity contribution in [3.8, 4) is 17.1 Å². The van der Waals surface area contributed by atoms with Gasteiger partial charge in [-0.2, -0.15) is 5.10 Å². The maximum Gasteiger partial charge on any atom is 0.254 e. The molecular weight excluding hydrogens is 335 g/mol. The van der Waals surface area contributed by atoms with Crippen molar-refractivity contribution in [1.29, 1.82) is 0 Å². The molecule has 0 saturated carbocycles. The van der Waals surface area contributed by atoms with Gasteiger partial charge in [-0.1, -0.05) is 18.2 Å². The van der Waals surface area contributed by atoms with Crippen molar-refractivity contribution in [1.82, 2.24) is 20.1 Å². The molecule has 0 bridgehead atoms. The Balaban J connectivity index is 1.44. The molecule has 7 heteroatoms. The summed E-state index contributed by atoms with van der Waals surface area (Å²) in [6.45, 7) is 1.08. The first-order valence-electron chi connectivity index (χ1n) is 8.36. The van der Waals surface area contributed by atoms with Crippen molar-refractivity contribution in [3.05, 3.63) is 66.2 Å². The molecule has 132 valence electrons. The Bertz CT molecular complexity index is 913. The summed E-state index contributed by atoms with van der Waals surface area (Å²) in [5.41, 5.74) is 1.39. The van der Waals surface area contributed by atoms with E-state index in [1.807, 2.05) is 12.1 Å². The number of H-pyrrole nitrogens is 1. The number of nitrogens with zero attached hydrogens (tertiary/aromatic N) is 3. The van der Waals surface area contributed by atoms with Gasteiger partial charge in [0.2, 0.25) is 0 Å². The van der Waals surface area contributed by atoms with Gasteiger partial charge in [0.05, 0.1) is 6.54 Å². The van der Waals surface area contributed by atoms with E-state index in [-0.39, 0.29) is 17.8 Å². The van der Waals surface area contributed by atoms with Crippen LogP contribution in [0.3, 0.4) is 0 Å². The normalized spacial score (nSPS) is 16.7. The Hall–Kier alpha value is -3.22. The first-order valence-corrected chi connectivity index (χ1v) is 8.36. The van der Waals surface area contributed by atoms with Crippen molar-refractivity contribution in [2.45, 2.75) is 12.5 Å². The Morgan fingerprint density at radius 3 is 2.92 bits per heavy atom. The second-order valence-corrected chi connectivity index (χ2v) is 6.15. The Labute approximate surface area is 149 Å². The van der Waals surface area contributed by atoms with Crippen LogP contribution in [-0.2, 0) is 0 Å². The maximum atomic E-state index is 13.3. The van der Waals surface area contributed by atoms with Gasteiger partial charge < -0.3 is 9.64 Å². The number of ether oxygens (including phenoxy) is 1. The minimum atomic E-state index is -0.335. The highest BCUT2D eigenvalue weighted by Gasteiger charge is 2.28. The number of aromatic amines is 1. The van der Waals surface area contributed by atoms with Crippen LogP contribution in [0.4, 0.5) is 4.39 Å². The number of carbonyl (C=O) groups excluding carboxylic acids is 1. The lowest BCUT2D eigenvalue weighted by atomic mass is 10.1. The van der Waals surface area contributed by atoms with Crippen LogP contribution in [-0.4, -0.2) is 45.2 Å². The number of amides is 1. The van der Waals surface area contributed by atoms with Crippen LogP contribution in [0.2, 0.25) is 0 Å². The summed E-state index contributed by atoms with van der Waals surface area (Å²) in [4.78, 5) is 18.6. The quantitative estimate of drug-likeness (QED) is 0.784. The van der Waals surface area contributed by atoms with Gasteiger partial charge in [0.1, 0.15) is 24.0 Å². The SMILES string of the molecule is O=C(c1cccc(-c2ncn[nH]2)c1)N1CCC(Oc2cccc(F)c2)C1. The van der Waals surface area contributed by atoms with Gasteiger partial charge >= 0.3 is 0 Å². The largest absolute Gasteiger partial charge is 0.488 e. The van der Waals surface area contributed by atoms with E-state index in [2.05, 4.69) is 15.2 Å². The number of hydrogen-bond acceptors (Lipinski definition) is 4. The maximum absolute atomic E-state index is 13.3. The van der Waals surface area contributed by atoms with Gasteiger partial charge in [0.25, 0.3) is 5.91 Å². The fraction of sp³-hybridized carbons (Fsp3) is 0.211. The van der Waals surface area contributed by atoms with Crippen molar-refractivity contribution in [2.75, 3.05) is 13.1 Å². The average Bonchev–Trinajstić information content (AvgIpc) is 3.33. The van der Waals surface area contributed by atoms with Crippen LogP contribution >= 0.6 is 0 Å². The van der Waals surface area contributed by atoms with Crippen molar-refractivity contribution >= 4 is 5.91 Å². The molecule has 2 heterocycles. The molecule has 2 aromatic carbocycles. The minimum absolute atomic E-state index is 0.0586. The molecule has 1 aromatic heterocycles. The van der Waals surface area contributed by atoms with E-state index in [0.717, 1.165) is 5.56 Å². The van der Waals surface area contributed by atoms with Crippen LogP contribution in [0.5, 0.6) is 5.75 Å². The first-order chi connectivity index (χ1) is 12.7. The lowest BCUT2D eigenvalue weighted by Gasteiger charge is -2.17. The lowest BCUT2D eigenvalue weighted by molar-refractivity contribution is 0.0772. The van der Waals surface area contributed by atoms with E-state index in [4.69, 9.17) is 4.74 Å². The molecule has 1 fully saturated rings. The number of rotatable bonds is 4. The standard InChI is InChI=1S/C19H17FN4O2/c20-15-5-2-6-16(10-15)26-17-7-8-24(11-17)19(25)14-4-1-3-13(9-14)18-21-12-22-23-18/h1-6,9-10,12,17H,7-8,11H2,(H,21,22,23). The molecule has 0 radical (unpaired) electrons. The van der Waals surface area contributed by atoms with Crippen LogP contribution < -0.4 is 4.74 Å². The van der Waals surface area contributed by atoms with Gasteiger partial charge in [-0.3, -0.25) is 9.89 Å². The second-order valence-electron chi connectivity index (χ2n) is 6.15. The Kier molecular flexibility index (Phi) is 4.35. The summed E-state index contributed by atoms with van der Waals surface area (Å²) in [6, 6.07) is 13.3. The predicted octanol–water partition coefficient (Wildman–Crippen LogP) is 2.90. The zero-order valence-electron chi connectivity index (χ0n) is 13.9. The van der Waals surface area contributed by atoms with Crippen LogP contribution in [0.15, 0.2) is 54.9 Å². The molecule has 4 rings (SSSR count). The summed E-state index contributed by atoms with van der Waals surface area (Å²) < 4.78 is 19.1. The highest BCUT2D eigenvalue weighted by molar-refractivity contribution is 5.95. The minimum Gasteiger partial charge on any atom is -0.488 e. The monoisotopic (exact) mass is 352 g/mol. The Morgan fingerprint density at radius 1 is 1.23 bits per heavy atom. The van der Waals surface area contributed by atoms with Gasteiger partial charge in [-0.15, -0.1) is 0 Å². The van der Waals surface area contributed by atoms with Gasteiger partial charge in [-0.05, 0) is 24.3 Å². The number of hydrogen-bond donors (Lipinski definition) is 1. The fourth-order valence-electron chi connectivity index (χ4n) is 3.07. The Morgan fingerprint density at radius 2 is 2.12 bits per heavy atom. The molecule has 1 atom stereocenters. The van der Waals surface area contributed by atoms with E-state index < -0.39 is 0 Å². The van der Waals surface area contributed by atoms with E-state index in [0.29, 0.717) is 36.6 Å². The van der Waals surface area contributed by atoms with Gasteiger partial charge in [0, 0.05) is 30.2 Å². The van der Waals surface area contributed by atoms with Crippen molar-refractivity contribution < 1.29 is 13.9 Å². The number of halogens is 1. The molecule has 3 aromatic rings. The molecular formula is C19H17FN4O2. The molecule has 1 amide bonds. The third-order valence-corrected chi connectivity index (χ3v) is 4.33. The number of likely N-dealkylation sites (tertiary alicyclic amines) is 1. The van der Waals surface area contributed by atoms with E-state index in [1.165, 1.54) is 18.5 Å².